The summed E-state index contributed by atoms with van der Waals surface area (Å²) in [5.74, 6) is 1.67. The number of nitrogens with zero attached hydrogens (tertiary/aromatic N) is 1. The lowest BCUT2D eigenvalue weighted by atomic mass is 9.90. The first-order valence-corrected chi connectivity index (χ1v) is 9.15. The number of methoxy groups -OCH3 is 2. The van der Waals surface area contributed by atoms with E-state index in [4.69, 9.17) is 9.47 Å². The van der Waals surface area contributed by atoms with Crippen LogP contribution in [0.15, 0.2) is 29.6 Å². The van der Waals surface area contributed by atoms with Crippen molar-refractivity contribution in [3.05, 3.63) is 45.6 Å². The van der Waals surface area contributed by atoms with Gasteiger partial charge in [-0.1, -0.05) is 13.0 Å². The second kappa shape index (κ2) is 7.26. The van der Waals surface area contributed by atoms with Crippen LogP contribution in [0, 0.1) is 0 Å². The van der Waals surface area contributed by atoms with E-state index in [0.29, 0.717) is 12.2 Å². The van der Waals surface area contributed by atoms with Gasteiger partial charge in [-0.25, -0.2) is 0 Å². The van der Waals surface area contributed by atoms with Crippen LogP contribution in [-0.2, 0) is 11.2 Å². The van der Waals surface area contributed by atoms with Gasteiger partial charge in [0.25, 0.3) is 0 Å². The molecule has 1 amide bonds. The van der Waals surface area contributed by atoms with Gasteiger partial charge >= 0.3 is 0 Å². The highest BCUT2D eigenvalue weighted by Crippen LogP contribution is 2.42. The third kappa shape index (κ3) is 3.00. The number of carbonyl (C=O) groups is 1. The number of amides is 1. The van der Waals surface area contributed by atoms with Crippen molar-refractivity contribution in [2.45, 2.75) is 32.2 Å². The van der Waals surface area contributed by atoms with Crippen LogP contribution in [-0.4, -0.2) is 31.6 Å². The van der Waals surface area contributed by atoms with Gasteiger partial charge in [-0.05, 0) is 47.5 Å². The Kier molecular flexibility index (Phi) is 5.09. The van der Waals surface area contributed by atoms with Gasteiger partial charge in [-0.3, -0.25) is 4.79 Å². The van der Waals surface area contributed by atoms with Crippen molar-refractivity contribution in [2.24, 2.45) is 0 Å². The first-order valence-electron chi connectivity index (χ1n) is 8.27. The van der Waals surface area contributed by atoms with Gasteiger partial charge in [-0.15, -0.1) is 11.3 Å². The Morgan fingerprint density at radius 3 is 2.67 bits per heavy atom. The summed E-state index contributed by atoms with van der Waals surface area (Å²) >= 11 is 1.69. The molecule has 5 heteroatoms. The molecule has 0 saturated heterocycles. The molecule has 0 spiro atoms. The molecule has 0 bridgehead atoms. The maximum Gasteiger partial charge on any atom is 0.223 e. The quantitative estimate of drug-likeness (QED) is 0.821. The number of benzene rings is 1. The van der Waals surface area contributed by atoms with Crippen LogP contribution < -0.4 is 9.47 Å². The van der Waals surface area contributed by atoms with Gasteiger partial charge in [0.15, 0.2) is 11.5 Å². The summed E-state index contributed by atoms with van der Waals surface area (Å²) in [6.45, 7) is 2.79. The lowest BCUT2D eigenvalue weighted by Gasteiger charge is -2.37. The SMILES string of the molecule is CCCC(=O)N1CCc2cc(OC)c(OC)cc2C1c1cccs1. The Hall–Kier alpha value is -2.01. The molecule has 1 aromatic heterocycles. The topological polar surface area (TPSA) is 38.8 Å². The largest absolute Gasteiger partial charge is 0.493 e. The predicted molar refractivity (Wildman–Crippen MR) is 96.0 cm³/mol. The number of fused-ring (bicyclic) bond motifs is 1. The average molecular weight is 345 g/mol. The fourth-order valence-electron chi connectivity index (χ4n) is 3.33. The Balaban J connectivity index is 2.10. The summed E-state index contributed by atoms with van der Waals surface area (Å²) < 4.78 is 10.9. The second-order valence-corrected chi connectivity index (χ2v) is 6.89. The van der Waals surface area contributed by atoms with Crippen LogP contribution in [0.2, 0.25) is 0 Å². The fourth-order valence-corrected chi connectivity index (χ4v) is 4.18. The molecule has 1 aromatic carbocycles. The van der Waals surface area contributed by atoms with Crippen LogP contribution in [0.4, 0.5) is 0 Å². The van der Waals surface area contributed by atoms with Crippen LogP contribution in [0.1, 0.15) is 41.8 Å². The molecule has 0 fully saturated rings. The van der Waals surface area contributed by atoms with Crippen LogP contribution in [0.3, 0.4) is 0 Å². The van der Waals surface area contributed by atoms with E-state index in [1.165, 1.54) is 10.4 Å². The molecule has 0 N–H and O–H groups in total. The van der Waals surface area contributed by atoms with Crippen molar-refractivity contribution < 1.29 is 14.3 Å². The molecule has 0 saturated carbocycles. The highest BCUT2D eigenvalue weighted by Gasteiger charge is 2.33. The molecule has 2 heterocycles. The first-order chi connectivity index (χ1) is 11.7. The molecular formula is C19H23NO3S. The fraction of sp³-hybridized carbons (Fsp3) is 0.421. The minimum absolute atomic E-state index is 0.0346. The zero-order valence-corrected chi connectivity index (χ0v) is 15.2. The van der Waals surface area contributed by atoms with E-state index < -0.39 is 0 Å². The zero-order chi connectivity index (χ0) is 17.1. The van der Waals surface area contributed by atoms with Gasteiger partial charge in [-0.2, -0.15) is 0 Å². The van der Waals surface area contributed by atoms with E-state index >= 15 is 0 Å². The van der Waals surface area contributed by atoms with Gasteiger partial charge < -0.3 is 14.4 Å². The third-order valence-electron chi connectivity index (χ3n) is 4.47. The van der Waals surface area contributed by atoms with Crippen LogP contribution in [0.5, 0.6) is 11.5 Å². The number of carbonyl (C=O) groups excluding carboxylic acids is 1. The van der Waals surface area contributed by atoms with E-state index in [1.54, 1.807) is 25.6 Å². The normalized spacial score (nSPS) is 16.6. The second-order valence-electron chi connectivity index (χ2n) is 5.91. The van der Waals surface area contributed by atoms with Crippen molar-refractivity contribution in [3.8, 4) is 11.5 Å². The summed E-state index contributed by atoms with van der Waals surface area (Å²) in [7, 11) is 3.30. The Labute approximate surface area is 147 Å². The molecule has 1 aliphatic rings. The van der Waals surface area contributed by atoms with Crippen molar-refractivity contribution >= 4 is 17.2 Å². The number of hydrogen-bond acceptors (Lipinski definition) is 4. The highest BCUT2D eigenvalue weighted by molar-refractivity contribution is 7.10. The molecule has 0 radical (unpaired) electrons. The van der Waals surface area contributed by atoms with Gasteiger partial charge in [0.2, 0.25) is 5.91 Å². The molecular weight excluding hydrogens is 322 g/mol. The maximum absolute atomic E-state index is 12.7. The zero-order valence-electron chi connectivity index (χ0n) is 14.4. The molecule has 3 rings (SSSR count). The maximum atomic E-state index is 12.7. The summed E-state index contributed by atoms with van der Waals surface area (Å²) in [5.41, 5.74) is 2.37. The van der Waals surface area contributed by atoms with Crippen molar-refractivity contribution in [1.29, 1.82) is 0 Å². The molecule has 1 atom stereocenters. The van der Waals surface area contributed by atoms with E-state index in [1.807, 2.05) is 24.0 Å². The molecule has 1 aliphatic heterocycles. The van der Waals surface area contributed by atoms with Crippen molar-refractivity contribution in [2.75, 3.05) is 20.8 Å². The number of thiophene rings is 1. The van der Waals surface area contributed by atoms with E-state index in [-0.39, 0.29) is 11.9 Å². The molecule has 4 nitrogen and oxygen atoms in total. The minimum Gasteiger partial charge on any atom is -0.493 e. The van der Waals surface area contributed by atoms with Gasteiger partial charge in [0, 0.05) is 17.8 Å². The third-order valence-corrected chi connectivity index (χ3v) is 5.40. The number of rotatable bonds is 5. The van der Waals surface area contributed by atoms with E-state index in [0.717, 1.165) is 30.7 Å². The predicted octanol–water partition coefficient (Wildman–Crippen LogP) is 4.04. The lowest BCUT2D eigenvalue weighted by Crippen LogP contribution is -2.40. The van der Waals surface area contributed by atoms with Crippen molar-refractivity contribution in [3.63, 3.8) is 0 Å². The van der Waals surface area contributed by atoms with Gasteiger partial charge in [0.1, 0.15) is 0 Å². The van der Waals surface area contributed by atoms with Gasteiger partial charge in [0.05, 0.1) is 20.3 Å². The average Bonchev–Trinajstić information content (AvgIpc) is 3.13. The molecule has 128 valence electrons. The first kappa shape index (κ1) is 16.8. The molecule has 0 aliphatic carbocycles. The Bertz CT molecular complexity index is 712. The molecule has 2 aromatic rings. The highest BCUT2D eigenvalue weighted by atomic mass is 32.1. The number of hydrogen-bond donors (Lipinski definition) is 0. The monoisotopic (exact) mass is 345 g/mol. The van der Waals surface area contributed by atoms with E-state index in [9.17, 15) is 4.79 Å². The van der Waals surface area contributed by atoms with E-state index in [2.05, 4.69) is 17.5 Å². The molecule has 1 unspecified atom stereocenters. The minimum atomic E-state index is -0.0346. The summed E-state index contributed by atoms with van der Waals surface area (Å²) in [5, 5.41) is 2.06. The summed E-state index contributed by atoms with van der Waals surface area (Å²) in [4.78, 5) is 15.9. The lowest BCUT2D eigenvalue weighted by molar-refractivity contribution is -0.133. The van der Waals surface area contributed by atoms with Crippen LogP contribution >= 0.6 is 11.3 Å². The number of ether oxygens (including phenoxy) is 2. The summed E-state index contributed by atoms with van der Waals surface area (Å²) in [6, 6.07) is 8.19. The smallest absolute Gasteiger partial charge is 0.223 e. The Morgan fingerprint density at radius 2 is 2.04 bits per heavy atom. The molecule has 24 heavy (non-hydrogen) atoms. The Morgan fingerprint density at radius 1 is 1.29 bits per heavy atom. The summed E-state index contributed by atoms with van der Waals surface area (Å²) in [6.07, 6.45) is 2.29. The van der Waals surface area contributed by atoms with Crippen molar-refractivity contribution in [1.82, 2.24) is 4.90 Å². The standard InChI is InChI=1S/C19H23NO3S/c1-4-6-18(21)20-9-8-13-11-15(22-2)16(23-3)12-14(13)19(20)17-7-5-10-24-17/h5,7,10-12,19H,4,6,8-9H2,1-3H3. The van der Waals surface area contributed by atoms with Crippen LogP contribution in [0.25, 0.3) is 0 Å².